The van der Waals surface area contributed by atoms with Gasteiger partial charge in [-0.3, -0.25) is 5.10 Å². The zero-order valence-electron chi connectivity index (χ0n) is 16.4. The zero-order chi connectivity index (χ0) is 19.0. The monoisotopic (exact) mass is 365 g/mol. The van der Waals surface area contributed by atoms with Crippen molar-refractivity contribution in [2.45, 2.75) is 39.2 Å². The van der Waals surface area contributed by atoms with Crippen LogP contribution in [-0.4, -0.2) is 45.8 Å². The molecule has 7 heteroatoms. The SMILES string of the molecule is C[C@@H]1CNCCN1c1nc(Nc2cc(C(C)(C)C)[nH]n2)c2ccccc2n1. The van der Waals surface area contributed by atoms with Gasteiger partial charge in [0.15, 0.2) is 5.82 Å². The molecule has 3 N–H and O–H groups in total. The van der Waals surface area contributed by atoms with Crippen LogP contribution < -0.4 is 15.5 Å². The third-order valence-corrected chi connectivity index (χ3v) is 4.98. The second kappa shape index (κ2) is 6.81. The third kappa shape index (κ3) is 3.60. The van der Waals surface area contributed by atoms with Gasteiger partial charge in [-0.1, -0.05) is 32.9 Å². The van der Waals surface area contributed by atoms with Crippen molar-refractivity contribution in [2.24, 2.45) is 0 Å². The van der Waals surface area contributed by atoms with Gasteiger partial charge < -0.3 is 15.5 Å². The average Bonchev–Trinajstić information content (AvgIpc) is 3.11. The van der Waals surface area contributed by atoms with Crippen molar-refractivity contribution in [1.82, 2.24) is 25.5 Å². The lowest BCUT2D eigenvalue weighted by Gasteiger charge is -2.34. The van der Waals surface area contributed by atoms with Crippen LogP contribution in [0.15, 0.2) is 30.3 Å². The number of nitrogens with one attached hydrogen (secondary N) is 3. The van der Waals surface area contributed by atoms with Crippen LogP contribution in [0.25, 0.3) is 10.9 Å². The number of anilines is 3. The lowest BCUT2D eigenvalue weighted by atomic mass is 9.92. The van der Waals surface area contributed by atoms with Crippen molar-refractivity contribution >= 4 is 28.5 Å². The van der Waals surface area contributed by atoms with Gasteiger partial charge in [0.2, 0.25) is 5.95 Å². The Bertz CT molecular complexity index is 941. The smallest absolute Gasteiger partial charge is 0.228 e. The van der Waals surface area contributed by atoms with Crippen molar-refractivity contribution in [1.29, 1.82) is 0 Å². The molecule has 1 fully saturated rings. The molecule has 3 heterocycles. The van der Waals surface area contributed by atoms with Gasteiger partial charge in [0.1, 0.15) is 5.82 Å². The highest BCUT2D eigenvalue weighted by atomic mass is 15.3. The van der Waals surface area contributed by atoms with Gasteiger partial charge in [-0.2, -0.15) is 10.1 Å². The number of rotatable bonds is 3. The minimum atomic E-state index is 0.0159. The van der Waals surface area contributed by atoms with Crippen LogP contribution in [0.4, 0.5) is 17.6 Å². The number of nitrogens with zero attached hydrogens (tertiary/aromatic N) is 4. The molecule has 0 amide bonds. The Morgan fingerprint density at radius 1 is 1.19 bits per heavy atom. The van der Waals surface area contributed by atoms with Crippen molar-refractivity contribution < 1.29 is 0 Å². The minimum absolute atomic E-state index is 0.0159. The van der Waals surface area contributed by atoms with Crippen LogP contribution in [-0.2, 0) is 5.41 Å². The van der Waals surface area contributed by atoms with Crippen LogP contribution >= 0.6 is 0 Å². The Morgan fingerprint density at radius 3 is 2.74 bits per heavy atom. The summed E-state index contributed by atoms with van der Waals surface area (Å²) < 4.78 is 0. The van der Waals surface area contributed by atoms with E-state index in [0.717, 1.165) is 53.8 Å². The van der Waals surface area contributed by atoms with Crippen LogP contribution in [0, 0.1) is 0 Å². The highest BCUT2D eigenvalue weighted by Crippen LogP contribution is 2.28. The van der Waals surface area contributed by atoms with Gasteiger partial charge in [0.25, 0.3) is 0 Å². The summed E-state index contributed by atoms with van der Waals surface area (Å²) >= 11 is 0. The van der Waals surface area contributed by atoms with Gasteiger partial charge in [0, 0.05) is 48.2 Å². The fraction of sp³-hybridized carbons (Fsp3) is 0.450. The first kappa shape index (κ1) is 17.7. The van der Waals surface area contributed by atoms with E-state index in [1.165, 1.54) is 0 Å². The predicted octanol–water partition coefficient (Wildman–Crippen LogP) is 3.19. The summed E-state index contributed by atoms with van der Waals surface area (Å²) in [4.78, 5) is 11.9. The Balaban J connectivity index is 1.73. The van der Waals surface area contributed by atoms with E-state index in [9.17, 15) is 0 Å². The molecule has 1 aliphatic rings. The molecule has 0 bridgehead atoms. The summed E-state index contributed by atoms with van der Waals surface area (Å²) in [6.45, 7) is 11.5. The topological polar surface area (TPSA) is 81.8 Å². The van der Waals surface area contributed by atoms with Crippen LogP contribution in [0.2, 0.25) is 0 Å². The summed E-state index contributed by atoms with van der Waals surface area (Å²) in [6.07, 6.45) is 0. The fourth-order valence-electron chi connectivity index (χ4n) is 3.32. The number of benzene rings is 1. The predicted molar refractivity (Wildman–Crippen MR) is 110 cm³/mol. The summed E-state index contributed by atoms with van der Waals surface area (Å²) in [5.74, 6) is 2.31. The van der Waals surface area contributed by atoms with E-state index < -0.39 is 0 Å². The molecule has 1 aliphatic heterocycles. The van der Waals surface area contributed by atoms with E-state index >= 15 is 0 Å². The fourth-order valence-corrected chi connectivity index (χ4v) is 3.32. The maximum atomic E-state index is 4.86. The van der Waals surface area contributed by atoms with E-state index in [-0.39, 0.29) is 5.41 Å². The zero-order valence-corrected chi connectivity index (χ0v) is 16.4. The second-order valence-electron chi connectivity index (χ2n) is 8.18. The quantitative estimate of drug-likeness (QED) is 0.661. The molecule has 0 saturated carbocycles. The lowest BCUT2D eigenvalue weighted by molar-refractivity contribution is 0.493. The molecular formula is C20H27N7. The molecule has 1 atom stereocenters. The number of aromatic amines is 1. The standard InChI is InChI=1S/C20H27N7/c1-13-12-21-9-10-27(13)19-22-15-8-6-5-7-14(15)18(24-19)23-17-11-16(25-26-17)20(2,3)4/h5-8,11,13,21H,9-10,12H2,1-4H3,(H2,22,23,24,25,26)/t13-/m1/s1. The average molecular weight is 365 g/mol. The normalized spacial score (nSPS) is 18.1. The highest BCUT2D eigenvalue weighted by molar-refractivity contribution is 5.91. The molecule has 4 rings (SSSR count). The molecule has 3 aromatic rings. The second-order valence-corrected chi connectivity index (χ2v) is 8.18. The Hall–Kier alpha value is -2.67. The Morgan fingerprint density at radius 2 is 2.00 bits per heavy atom. The molecule has 2 aromatic heterocycles. The maximum absolute atomic E-state index is 4.86. The van der Waals surface area contributed by atoms with E-state index in [1.807, 2.05) is 30.3 Å². The highest BCUT2D eigenvalue weighted by Gasteiger charge is 2.22. The number of para-hydroxylation sites is 1. The van der Waals surface area contributed by atoms with Gasteiger partial charge in [0.05, 0.1) is 5.52 Å². The van der Waals surface area contributed by atoms with Crippen molar-refractivity contribution in [3.8, 4) is 0 Å². The van der Waals surface area contributed by atoms with E-state index in [1.54, 1.807) is 0 Å². The largest absolute Gasteiger partial charge is 0.335 e. The molecule has 0 aliphatic carbocycles. The van der Waals surface area contributed by atoms with Crippen LogP contribution in [0.5, 0.6) is 0 Å². The molecule has 27 heavy (non-hydrogen) atoms. The number of hydrogen-bond donors (Lipinski definition) is 3. The lowest BCUT2D eigenvalue weighted by Crippen LogP contribution is -2.50. The number of aromatic nitrogens is 4. The summed E-state index contributed by atoms with van der Waals surface area (Å²) in [7, 11) is 0. The molecular weight excluding hydrogens is 338 g/mol. The molecule has 0 radical (unpaired) electrons. The van der Waals surface area contributed by atoms with Crippen molar-refractivity contribution in [3.05, 3.63) is 36.0 Å². The van der Waals surface area contributed by atoms with E-state index in [2.05, 4.69) is 53.4 Å². The van der Waals surface area contributed by atoms with Gasteiger partial charge in [-0.05, 0) is 19.1 Å². The summed E-state index contributed by atoms with van der Waals surface area (Å²) in [5, 5.41) is 15.4. The van der Waals surface area contributed by atoms with Gasteiger partial charge >= 0.3 is 0 Å². The van der Waals surface area contributed by atoms with E-state index in [0.29, 0.717) is 6.04 Å². The van der Waals surface area contributed by atoms with Crippen LogP contribution in [0.1, 0.15) is 33.4 Å². The first-order valence-corrected chi connectivity index (χ1v) is 9.49. The van der Waals surface area contributed by atoms with Gasteiger partial charge in [-0.15, -0.1) is 0 Å². The summed E-state index contributed by atoms with van der Waals surface area (Å²) in [6, 6.07) is 10.5. The summed E-state index contributed by atoms with van der Waals surface area (Å²) in [5.41, 5.74) is 2.03. The van der Waals surface area contributed by atoms with E-state index in [4.69, 9.17) is 9.97 Å². The maximum Gasteiger partial charge on any atom is 0.228 e. The number of fused-ring (bicyclic) bond motifs is 1. The Kier molecular flexibility index (Phi) is 4.47. The van der Waals surface area contributed by atoms with Crippen LogP contribution in [0.3, 0.4) is 0 Å². The van der Waals surface area contributed by atoms with Crippen molar-refractivity contribution in [2.75, 3.05) is 29.9 Å². The first-order chi connectivity index (χ1) is 12.9. The first-order valence-electron chi connectivity index (χ1n) is 9.49. The third-order valence-electron chi connectivity index (χ3n) is 4.98. The molecule has 142 valence electrons. The van der Waals surface area contributed by atoms with Gasteiger partial charge in [-0.25, -0.2) is 4.98 Å². The van der Waals surface area contributed by atoms with Crippen molar-refractivity contribution in [3.63, 3.8) is 0 Å². The minimum Gasteiger partial charge on any atom is -0.335 e. The Labute approximate surface area is 159 Å². The molecule has 1 aromatic carbocycles. The number of H-pyrrole nitrogens is 1. The number of hydrogen-bond acceptors (Lipinski definition) is 6. The molecule has 0 unspecified atom stereocenters. The number of piperazine rings is 1. The molecule has 0 spiro atoms. The molecule has 1 saturated heterocycles. The molecule has 7 nitrogen and oxygen atoms in total.